The van der Waals surface area contributed by atoms with Crippen LogP contribution in [0.15, 0.2) is 12.1 Å². The van der Waals surface area contributed by atoms with Crippen molar-refractivity contribution < 1.29 is 24.4 Å². The molecular formula is C12H18O5. The number of benzene rings is 1. The molecule has 0 bridgehead atoms. The van der Waals surface area contributed by atoms with Crippen LogP contribution in [0.2, 0.25) is 0 Å². The van der Waals surface area contributed by atoms with Gasteiger partial charge in [-0.1, -0.05) is 0 Å². The Hall–Kier alpha value is -1.30. The Bertz CT molecular complexity index is 360. The Balaban J connectivity index is 3.06. The summed E-state index contributed by atoms with van der Waals surface area (Å²) in [5, 5.41) is 19.0. The van der Waals surface area contributed by atoms with E-state index in [2.05, 4.69) is 0 Å². The summed E-state index contributed by atoms with van der Waals surface area (Å²) in [6, 6.07) is 3.21. The maximum atomic E-state index is 9.74. The summed E-state index contributed by atoms with van der Waals surface area (Å²) in [6.07, 6.45) is 0.00000567. The maximum Gasteiger partial charge on any atom is 0.160 e. The van der Waals surface area contributed by atoms with Gasteiger partial charge in [0.1, 0.15) is 11.5 Å². The first kappa shape index (κ1) is 13.8. The molecule has 0 atom stereocenters. The van der Waals surface area contributed by atoms with Crippen molar-refractivity contribution in [3.63, 3.8) is 0 Å². The number of aliphatic hydroxyl groups excluding tert-OH is 1. The Kier molecular flexibility index (Phi) is 5.21. The van der Waals surface area contributed by atoms with Crippen molar-refractivity contribution in [2.24, 2.45) is 0 Å². The first-order chi connectivity index (χ1) is 8.15. The van der Waals surface area contributed by atoms with Crippen LogP contribution in [0, 0.1) is 0 Å². The maximum absolute atomic E-state index is 9.74. The summed E-state index contributed by atoms with van der Waals surface area (Å²) >= 11 is 0. The minimum Gasteiger partial charge on any atom is -0.507 e. The Labute approximate surface area is 101 Å². The lowest BCUT2D eigenvalue weighted by Gasteiger charge is -2.17. The molecule has 0 spiro atoms. The van der Waals surface area contributed by atoms with Gasteiger partial charge in [-0.15, -0.1) is 0 Å². The molecule has 5 heteroatoms. The molecule has 0 saturated carbocycles. The second kappa shape index (κ2) is 6.44. The van der Waals surface area contributed by atoms with Crippen molar-refractivity contribution >= 4 is 0 Å². The second-order valence-electron chi connectivity index (χ2n) is 3.55. The number of hydrogen-bond donors (Lipinski definition) is 2. The zero-order valence-electron chi connectivity index (χ0n) is 10.3. The van der Waals surface area contributed by atoms with Crippen LogP contribution in [0.25, 0.3) is 0 Å². The molecule has 96 valence electrons. The van der Waals surface area contributed by atoms with E-state index in [-0.39, 0.29) is 12.4 Å². The summed E-state index contributed by atoms with van der Waals surface area (Å²) in [4.78, 5) is 0. The third-order valence-corrected chi connectivity index (χ3v) is 2.60. The van der Waals surface area contributed by atoms with Crippen LogP contribution in [0.1, 0.15) is 11.1 Å². The molecule has 1 aromatic rings. The van der Waals surface area contributed by atoms with E-state index in [1.807, 2.05) is 0 Å². The highest BCUT2D eigenvalue weighted by atomic mass is 16.7. The van der Waals surface area contributed by atoms with Crippen LogP contribution in [-0.2, 0) is 22.5 Å². The number of aliphatic hydroxyl groups is 1. The van der Waals surface area contributed by atoms with Crippen LogP contribution < -0.4 is 4.74 Å². The van der Waals surface area contributed by atoms with Gasteiger partial charge in [-0.05, 0) is 11.6 Å². The highest BCUT2D eigenvalue weighted by Gasteiger charge is 2.14. The predicted molar refractivity (Wildman–Crippen MR) is 62.1 cm³/mol. The topological polar surface area (TPSA) is 68.2 Å². The zero-order valence-corrected chi connectivity index (χ0v) is 10.3. The fourth-order valence-electron chi connectivity index (χ4n) is 1.61. The van der Waals surface area contributed by atoms with Gasteiger partial charge in [0, 0.05) is 32.3 Å². The predicted octanol–water partition coefficient (Wildman–Crippen LogP) is 1.05. The van der Waals surface area contributed by atoms with E-state index in [1.165, 1.54) is 27.4 Å². The van der Waals surface area contributed by atoms with E-state index in [0.29, 0.717) is 17.7 Å². The van der Waals surface area contributed by atoms with E-state index < -0.39 is 6.29 Å². The van der Waals surface area contributed by atoms with Gasteiger partial charge in [0.15, 0.2) is 6.29 Å². The molecule has 5 nitrogen and oxygen atoms in total. The summed E-state index contributed by atoms with van der Waals surface area (Å²) < 4.78 is 15.2. The van der Waals surface area contributed by atoms with Crippen LogP contribution in [0.4, 0.5) is 0 Å². The number of aromatic hydroxyl groups is 1. The molecule has 0 saturated heterocycles. The monoisotopic (exact) mass is 242 g/mol. The van der Waals surface area contributed by atoms with Gasteiger partial charge in [-0.25, -0.2) is 0 Å². The van der Waals surface area contributed by atoms with E-state index >= 15 is 0 Å². The second-order valence-corrected chi connectivity index (χ2v) is 3.55. The first-order valence-corrected chi connectivity index (χ1v) is 5.21. The molecule has 1 rings (SSSR count). The summed E-state index contributed by atoms with van der Waals surface area (Å²) in [6.45, 7) is -0.245. The smallest absolute Gasteiger partial charge is 0.160 e. The standard InChI is InChI=1S/C12H18O5/c1-15-9-4-8(5-12(16-2)17-3)10(7-13)11(14)6-9/h4,6,12-14H,5,7H2,1-3H3. The van der Waals surface area contributed by atoms with Gasteiger partial charge in [0.25, 0.3) is 0 Å². The largest absolute Gasteiger partial charge is 0.507 e. The highest BCUT2D eigenvalue weighted by molar-refractivity contribution is 5.45. The quantitative estimate of drug-likeness (QED) is 0.730. The number of phenols is 1. The van der Waals surface area contributed by atoms with Crippen LogP contribution in [0.5, 0.6) is 11.5 Å². The third-order valence-electron chi connectivity index (χ3n) is 2.60. The van der Waals surface area contributed by atoms with Gasteiger partial charge in [-0.2, -0.15) is 0 Å². The fourth-order valence-corrected chi connectivity index (χ4v) is 1.61. The third kappa shape index (κ3) is 3.33. The van der Waals surface area contributed by atoms with Gasteiger partial charge in [0.05, 0.1) is 13.7 Å². The number of ether oxygens (including phenoxy) is 3. The molecule has 2 N–H and O–H groups in total. The van der Waals surface area contributed by atoms with Crippen molar-refractivity contribution in [2.45, 2.75) is 19.3 Å². The lowest BCUT2D eigenvalue weighted by atomic mass is 10.0. The SMILES string of the molecule is COc1cc(O)c(CO)c(CC(OC)OC)c1. The minimum atomic E-state index is -0.424. The van der Waals surface area contributed by atoms with Gasteiger partial charge < -0.3 is 24.4 Å². The fraction of sp³-hybridized carbons (Fsp3) is 0.500. The van der Waals surface area contributed by atoms with E-state index in [1.54, 1.807) is 6.07 Å². The molecule has 0 aliphatic heterocycles. The lowest BCUT2D eigenvalue weighted by molar-refractivity contribution is -0.100. The molecule has 17 heavy (non-hydrogen) atoms. The summed E-state index contributed by atoms with van der Waals surface area (Å²) in [5.74, 6) is 0.536. The molecule has 0 radical (unpaired) electrons. The molecule has 0 aliphatic rings. The van der Waals surface area contributed by atoms with Crippen molar-refractivity contribution in [3.05, 3.63) is 23.3 Å². The van der Waals surface area contributed by atoms with E-state index in [0.717, 1.165) is 5.56 Å². The molecule has 0 aliphatic carbocycles. The Morgan fingerprint density at radius 1 is 1.18 bits per heavy atom. The average Bonchev–Trinajstić information content (AvgIpc) is 2.35. The molecule has 0 fully saturated rings. The van der Waals surface area contributed by atoms with E-state index in [4.69, 9.17) is 14.2 Å². The highest BCUT2D eigenvalue weighted by Crippen LogP contribution is 2.29. The van der Waals surface area contributed by atoms with Crippen LogP contribution >= 0.6 is 0 Å². The Morgan fingerprint density at radius 3 is 2.29 bits per heavy atom. The van der Waals surface area contributed by atoms with Crippen molar-refractivity contribution in [1.82, 2.24) is 0 Å². The van der Waals surface area contributed by atoms with Gasteiger partial charge in [-0.3, -0.25) is 0 Å². The number of methoxy groups -OCH3 is 3. The molecule has 0 amide bonds. The van der Waals surface area contributed by atoms with Crippen LogP contribution in [-0.4, -0.2) is 37.8 Å². The van der Waals surface area contributed by atoms with Crippen LogP contribution in [0.3, 0.4) is 0 Å². The summed E-state index contributed by atoms with van der Waals surface area (Å²) in [7, 11) is 4.58. The molecule has 1 aromatic carbocycles. The van der Waals surface area contributed by atoms with Gasteiger partial charge in [0.2, 0.25) is 0 Å². The van der Waals surface area contributed by atoms with Crippen molar-refractivity contribution in [2.75, 3.05) is 21.3 Å². The molecule has 0 unspecified atom stereocenters. The number of hydrogen-bond acceptors (Lipinski definition) is 5. The van der Waals surface area contributed by atoms with Crippen molar-refractivity contribution in [1.29, 1.82) is 0 Å². The molecule has 0 aromatic heterocycles. The molecular weight excluding hydrogens is 224 g/mol. The average molecular weight is 242 g/mol. The lowest BCUT2D eigenvalue weighted by Crippen LogP contribution is -2.17. The molecule has 0 heterocycles. The van der Waals surface area contributed by atoms with E-state index in [9.17, 15) is 10.2 Å². The Morgan fingerprint density at radius 2 is 1.82 bits per heavy atom. The minimum absolute atomic E-state index is 0.00723. The van der Waals surface area contributed by atoms with Crippen molar-refractivity contribution in [3.8, 4) is 11.5 Å². The zero-order chi connectivity index (χ0) is 12.8. The van der Waals surface area contributed by atoms with Gasteiger partial charge >= 0.3 is 0 Å². The first-order valence-electron chi connectivity index (χ1n) is 5.21. The number of rotatable bonds is 6. The normalized spacial score (nSPS) is 10.9. The summed E-state index contributed by atoms with van der Waals surface area (Å²) in [5.41, 5.74) is 1.20.